The van der Waals surface area contributed by atoms with Gasteiger partial charge in [0.1, 0.15) is 22.9 Å². The molecule has 1 heterocycles. The average molecular weight is 244 g/mol. The van der Waals surface area contributed by atoms with Crippen molar-refractivity contribution in [3.05, 3.63) is 47.8 Å². The minimum absolute atomic E-state index is 0.130. The molecule has 0 saturated heterocycles. The molecule has 2 rings (SSSR count). The molecule has 0 aliphatic heterocycles. The lowest BCUT2D eigenvalue weighted by Gasteiger charge is -2.09. The first-order valence-electron chi connectivity index (χ1n) is 5.30. The van der Waals surface area contributed by atoms with E-state index in [1.807, 2.05) is 0 Å². The molecule has 0 bridgehead atoms. The number of ether oxygens (including phenoxy) is 1. The number of nitrogens with two attached hydrogens (primary N) is 1. The zero-order chi connectivity index (χ0) is 13.1. The highest BCUT2D eigenvalue weighted by molar-refractivity contribution is 5.91. The maximum absolute atomic E-state index is 11.0. The molecule has 92 valence electrons. The highest BCUT2D eigenvalue weighted by atomic mass is 16.5. The van der Waals surface area contributed by atoms with Crippen molar-refractivity contribution in [3.8, 4) is 17.2 Å². The maximum Gasteiger partial charge on any atom is 0.267 e. The van der Waals surface area contributed by atoms with Crippen molar-refractivity contribution in [2.24, 2.45) is 5.73 Å². The van der Waals surface area contributed by atoms with Gasteiger partial charge in [0.2, 0.25) is 0 Å². The molecular weight excluding hydrogens is 232 g/mol. The molecule has 0 saturated carbocycles. The van der Waals surface area contributed by atoms with E-state index in [9.17, 15) is 9.90 Å². The van der Waals surface area contributed by atoms with Gasteiger partial charge in [0.15, 0.2) is 0 Å². The lowest BCUT2D eigenvalue weighted by atomic mass is 10.2. The highest BCUT2D eigenvalue weighted by Crippen LogP contribution is 2.30. The predicted molar refractivity (Wildman–Crippen MR) is 65.7 cm³/mol. The summed E-state index contributed by atoms with van der Waals surface area (Å²) in [6.07, 6.45) is 1.44. The number of pyridine rings is 1. The maximum atomic E-state index is 11.0. The molecule has 0 radical (unpaired) electrons. The number of nitrogens with zero attached hydrogens (tertiary/aromatic N) is 1. The second-order valence-corrected chi connectivity index (χ2v) is 3.74. The molecule has 2 aromatic rings. The number of carbonyl (C=O) groups excluding carboxylic acids is 1. The third-order valence-corrected chi connectivity index (χ3v) is 2.47. The molecule has 5 nitrogen and oxygen atoms in total. The molecule has 0 fully saturated rings. The van der Waals surface area contributed by atoms with Gasteiger partial charge in [0.25, 0.3) is 5.91 Å². The van der Waals surface area contributed by atoms with E-state index in [0.717, 1.165) is 0 Å². The third-order valence-electron chi connectivity index (χ3n) is 2.47. The summed E-state index contributed by atoms with van der Waals surface area (Å²) in [6.45, 7) is 1.74. The number of benzene rings is 1. The SMILES string of the molecule is Cc1c(O)cccc1Oc1ccnc(C(N)=O)c1. The van der Waals surface area contributed by atoms with Crippen LogP contribution in [0, 0.1) is 6.92 Å². The standard InChI is InChI=1S/C13H12N2O3/c1-8-11(16)3-2-4-12(8)18-9-5-6-15-10(7-9)13(14)17/h2-7,16H,1H3,(H2,14,17). The Hall–Kier alpha value is -2.56. The van der Waals surface area contributed by atoms with Crippen LogP contribution in [-0.4, -0.2) is 16.0 Å². The van der Waals surface area contributed by atoms with Crippen LogP contribution in [0.15, 0.2) is 36.5 Å². The molecule has 18 heavy (non-hydrogen) atoms. The normalized spacial score (nSPS) is 10.1. The predicted octanol–water partition coefficient (Wildman–Crippen LogP) is 1.99. The quantitative estimate of drug-likeness (QED) is 0.864. The Morgan fingerprint density at radius 2 is 2.17 bits per heavy atom. The van der Waals surface area contributed by atoms with Crippen LogP contribution in [0.25, 0.3) is 0 Å². The van der Waals surface area contributed by atoms with Gasteiger partial charge in [-0.2, -0.15) is 0 Å². The first kappa shape index (κ1) is 11.9. The summed E-state index contributed by atoms with van der Waals surface area (Å²) in [6, 6.07) is 8.03. The lowest BCUT2D eigenvalue weighted by molar-refractivity contribution is 0.0995. The Morgan fingerprint density at radius 1 is 1.39 bits per heavy atom. The van der Waals surface area contributed by atoms with Gasteiger partial charge >= 0.3 is 0 Å². The number of aromatic hydroxyl groups is 1. The Kier molecular flexibility index (Phi) is 3.14. The lowest BCUT2D eigenvalue weighted by Crippen LogP contribution is -2.12. The van der Waals surface area contributed by atoms with Crippen molar-refractivity contribution < 1.29 is 14.6 Å². The van der Waals surface area contributed by atoms with E-state index >= 15 is 0 Å². The summed E-state index contributed by atoms with van der Waals surface area (Å²) in [5, 5.41) is 9.55. The minimum atomic E-state index is -0.618. The molecule has 0 atom stereocenters. The number of hydrogen-bond donors (Lipinski definition) is 2. The number of carbonyl (C=O) groups is 1. The third kappa shape index (κ3) is 2.40. The van der Waals surface area contributed by atoms with Gasteiger partial charge in [0.05, 0.1) is 0 Å². The second kappa shape index (κ2) is 4.75. The van der Waals surface area contributed by atoms with E-state index < -0.39 is 5.91 Å². The number of phenols is 1. The fraction of sp³-hybridized carbons (Fsp3) is 0.0769. The van der Waals surface area contributed by atoms with E-state index in [4.69, 9.17) is 10.5 Å². The Balaban J connectivity index is 2.31. The first-order valence-corrected chi connectivity index (χ1v) is 5.30. The van der Waals surface area contributed by atoms with Crippen LogP contribution in [0.5, 0.6) is 17.2 Å². The molecule has 1 aromatic carbocycles. The topological polar surface area (TPSA) is 85.4 Å². The van der Waals surface area contributed by atoms with E-state index in [1.54, 1.807) is 31.2 Å². The van der Waals surface area contributed by atoms with Crippen molar-refractivity contribution in [2.45, 2.75) is 6.92 Å². The Bertz CT molecular complexity index is 597. The number of amides is 1. The van der Waals surface area contributed by atoms with E-state index in [0.29, 0.717) is 17.1 Å². The van der Waals surface area contributed by atoms with Gasteiger partial charge in [-0.3, -0.25) is 9.78 Å². The summed E-state index contributed by atoms with van der Waals surface area (Å²) >= 11 is 0. The summed E-state index contributed by atoms with van der Waals surface area (Å²) in [5.41, 5.74) is 5.88. The zero-order valence-electron chi connectivity index (χ0n) is 9.75. The smallest absolute Gasteiger partial charge is 0.267 e. The van der Waals surface area contributed by atoms with Gasteiger partial charge in [-0.1, -0.05) is 6.07 Å². The largest absolute Gasteiger partial charge is 0.508 e. The van der Waals surface area contributed by atoms with Crippen LogP contribution >= 0.6 is 0 Å². The first-order chi connectivity index (χ1) is 8.58. The van der Waals surface area contributed by atoms with Crippen molar-refractivity contribution >= 4 is 5.91 Å². The highest BCUT2D eigenvalue weighted by Gasteiger charge is 2.07. The fourth-order valence-electron chi connectivity index (χ4n) is 1.45. The Morgan fingerprint density at radius 3 is 2.89 bits per heavy atom. The van der Waals surface area contributed by atoms with Crippen LogP contribution in [0.4, 0.5) is 0 Å². The van der Waals surface area contributed by atoms with Gasteiger partial charge in [-0.25, -0.2) is 0 Å². The number of aromatic nitrogens is 1. The van der Waals surface area contributed by atoms with Crippen molar-refractivity contribution in [3.63, 3.8) is 0 Å². The number of phenolic OH excluding ortho intramolecular Hbond substituents is 1. The van der Waals surface area contributed by atoms with Gasteiger partial charge in [-0.15, -0.1) is 0 Å². The number of primary amides is 1. The van der Waals surface area contributed by atoms with Gasteiger partial charge in [-0.05, 0) is 25.1 Å². The van der Waals surface area contributed by atoms with Gasteiger partial charge < -0.3 is 15.6 Å². The summed E-state index contributed by atoms with van der Waals surface area (Å²) < 4.78 is 5.57. The van der Waals surface area contributed by atoms with E-state index in [-0.39, 0.29) is 11.4 Å². The van der Waals surface area contributed by atoms with Gasteiger partial charge in [0, 0.05) is 17.8 Å². The van der Waals surface area contributed by atoms with Crippen LogP contribution in [0.3, 0.4) is 0 Å². The molecular formula is C13H12N2O3. The fourth-order valence-corrected chi connectivity index (χ4v) is 1.45. The Labute approximate surface area is 104 Å². The van der Waals surface area contributed by atoms with Crippen LogP contribution in [-0.2, 0) is 0 Å². The molecule has 0 aliphatic rings. The van der Waals surface area contributed by atoms with Crippen molar-refractivity contribution in [1.82, 2.24) is 4.98 Å². The molecule has 0 spiro atoms. The van der Waals surface area contributed by atoms with Crippen molar-refractivity contribution in [2.75, 3.05) is 0 Å². The van der Waals surface area contributed by atoms with E-state index in [2.05, 4.69) is 4.98 Å². The summed E-state index contributed by atoms with van der Waals surface area (Å²) in [5.74, 6) is 0.480. The number of rotatable bonds is 3. The second-order valence-electron chi connectivity index (χ2n) is 3.74. The zero-order valence-corrected chi connectivity index (χ0v) is 9.75. The molecule has 0 aliphatic carbocycles. The van der Waals surface area contributed by atoms with E-state index in [1.165, 1.54) is 12.3 Å². The summed E-state index contributed by atoms with van der Waals surface area (Å²) in [7, 11) is 0. The molecule has 0 unspecified atom stereocenters. The van der Waals surface area contributed by atoms with Crippen LogP contribution < -0.4 is 10.5 Å². The van der Waals surface area contributed by atoms with Crippen LogP contribution in [0.2, 0.25) is 0 Å². The van der Waals surface area contributed by atoms with Crippen molar-refractivity contribution in [1.29, 1.82) is 0 Å². The monoisotopic (exact) mass is 244 g/mol. The molecule has 1 amide bonds. The average Bonchev–Trinajstić information content (AvgIpc) is 2.35. The number of hydrogen-bond acceptors (Lipinski definition) is 4. The van der Waals surface area contributed by atoms with Crippen LogP contribution in [0.1, 0.15) is 16.1 Å². The molecule has 5 heteroatoms. The molecule has 3 N–H and O–H groups in total. The molecule has 1 aromatic heterocycles. The summed E-state index contributed by atoms with van der Waals surface area (Å²) in [4.78, 5) is 14.8. The minimum Gasteiger partial charge on any atom is -0.508 e.